The molecule has 1 heterocycles. The van der Waals surface area contributed by atoms with Crippen molar-refractivity contribution in [1.29, 1.82) is 0 Å². The van der Waals surface area contributed by atoms with Gasteiger partial charge < -0.3 is 15.2 Å². The van der Waals surface area contributed by atoms with Crippen molar-refractivity contribution in [2.24, 2.45) is 11.8 Å². The SMILES string of the molecule is CC1CCC(CNC(=O)C2CCC(C(=O)O)O2)CC1. The molecule has 0 spiro atoms. The maximum atomic E-state index is 11.9. The van der Waals surface area contributed by atoms with Crippen molar-refractivity contribution in [3.05, 3.63) is 0 Å². The van der Waals surface area contributed by atoms with Gasteiger partial charge in [-0.25, -0.2) is 4.79 Å². The first-order valence-corrected chi connectivity index (χ1v) is 7.22. The predicted molar refractivity (Wildman–Crippen MR) is 69.7 cm³/mol. The number of ether oxygens (including phenoxy) is 1. The van der Waals surface area contributed by atoms with Gasteiger partial charge in [0.2, 0.25) is 5.91 Å². The van der Waals surface area contributed by atoms with Crippen LogP contribution in [0.5, 0.6) is 0 Å². The van der Waals surface area contributed by atoms with Crippen LogP contribution in [0.1, 0.15) is 45.4 Å². The number of carboxylic acids is 1. The van der Waals surface area contributed by atoms with Crippen LogP contribution in [0.15, 0.2) is 0 Å². The van der Waals surface area contributed by atoms with Gasteiger partial charge in [0.15, 0.2) is 6.10 Å². The fraction of sp³-hybridized carbons (Fsp3) is 0.857. The summed E-state index contributed by atoms with van der Waals surface area (Å²) in [6.45, 7) is 2.97. The Labute approximate surface area is 113 Å². The third-order valence-electron chi connectivity index (χ3n) is 4.29. The zero-order valence-electron chi connectivity index (χ0n) is 11.4. The zero-order chi connectivity index (χ0) is 13.8. The Balaban J connectivity index is 1.69. The van der Waals surface area contributed by atoms with E-state index < -0.39 is 18.2 Å². The molecular formula is C14H23NO4. The number of amides is 1. The number of carbonyl (C=O) groups is 2. The number of hydrogen-bond donors (Lipinski definition) is 2. The summed E-state index contributed by atoms with van der Waals surface area (Å²) >= 11 is 0. The van der Waals surface area contributed by atoms with Crippen molar-refractivity contribution in [2.75, 3.05) is 6.54 Å². The Morgan fingerprint density at radius 2 is 1.74 bits per heavy atom. The Kier molecular flexibility index (Phi) is 4.80. The molecule has 0 aromatic heterocycles. The van der Waals surface area contributed by atoms with E-state index in [-0.39, 0.29) is 5.91 Å². The van der Waals surface area contributed by atoms with E-state index in [9.17, 15) is 9.59 Å². The standard InChI is InChI=1S/C14H23NO4/c1-9-2-4-10(5-3-9)8-15-13(16)11-6-7-12(19-11)14(17)18/h9-12H,2-8H2,1H3,(H,15,16)(H,17,18). The normalized spacial score (nSPS) is 35.0. The molecule has 1 aliphatic heterocycles. The lowest BCUT2D eigenvalue weighted by atomic mass is 9.83. The second-order valence-corrected chi connectivity index (χ2v) is 5.90. The third kappa shape index (κ3) is 3.93. The molecule has 5 nitrogen and oxygen atoms in total. The van der Waals surface area contributed by atoms with E-state index in [4.69, 9.17) is 9.84 Å². The van der Waals surface area contributed by atoms with Crippen LogP contribution in [-0.4, -0.2) is 35.7 Å². The summed E-state index contributed by atoms with van der Waals surface area (Å²) in [6, 6.07) is 0. The van der Waals surface area contributed by atoms with Crippen LogP contribution in [0.3, 0.4) is 0 Å². The van der Waals surface area contributed by atoms with E-state index >= 15 is 0 Å². The first kappa shape index (κ1) is 14.3. The molecule has 19 heavy (non-hydrogen) atoms. The zero-order valence-corrected chi connectivity index (χ0v) is 11.4. The van der Waals surface area contributed by atoms with E-state index in [0.29, 0.717) is 25.3 Å². The molecule has 108 valence electrons. The van der Waals surface area contributed by atoms with Crippen molar-refractivity contribution in [3.63, 3.8) is 0 Å². The summed E-state index contributed by atoms with van der Waals surface area (Å²) < 4.78 is 5.23. The number of carbonyl (C=O) groups excluding carboxylic acids is 1. The van der Waals surface area contributed by atoms with Crippen molar-refractivity contribution in [1.82, 2.24) is 5.32 Å². The summed E-state index contributed by atoms with van der Waals surface area (Å²) in [5.41, 5.74) is 0. The quantitative estimate of drug-likeness (QED) is 0.812. The molecule has 1 saturated carbocycles. The second kappa shape index (κ2) is 6.37. The van der Waals surface area contributed by atoms with Crippen molar-refractivity contribution in [2.45, 2.75) is 57.7 Å². The monoisotopic (exact) mass is 269 g/mol. The maximum Gasteiger partial charge on any atom is 0.332 e. The highest BCUT2D eigenvalue weighted by Crippen LogP contribution is 2.28. The molecule has 1 aliphatic carbocycles. The van der Waals surface area contributed by atoms with Gasteiger partial charge in [-0.3, -0.25) is 4.79 Å². The van der Waals surface area contributed by atoms with E-state index in [2.05, 4.69) is 12.2 Å². The first-order valence-electron chi connectivity index (χ1n) is 7.22. The van der Waals surface area contributed by atoms with Gasteiger partial charge in [-0.2, -0.15) is 0 Å². The lowest BCUT2D eigenvalue weighted by Gasteiger charge is -2.26. The summed E-state index contributed by atoms with van der Waals surface area (Å²) in [5, 5.41) is 11.7. The molecule has 2 N–H and O–H groups in total. The first-order chi connectivity index (χ1) is 9.06. The van der Waals surface area contributed by atoms with Crippen LogP contribution >= 0.6 is 0 Å². The van der Waals surface area contributed by atoms with Crippen molar-refractivity contribution in [3.8, 4) is 0 Å². The van der Waals surface area contributed by atoms with Crippen LogP contribution in [0.25, 0.3) is 0 Å². The molecule has 0 radical (unpaired) electrons. The highest BCUT2D eigenvalue weighted by atomic mass is 16.5. The minimum absolute atomic E-state index is 0.151. The van der Waals surface area contributed by atoms with Crippen molar-refractivity contribution < 1.29 is 19.4 Å². The van der Waals surface area contributed by atoms with Crippen molar-refractivity contribution >= 4 is 11.9 Å². The maximum absolute atomic E-state index is 11.9. The Bertz CT molecular complexity index is 336. The van der Waals surface area contributed by atoms with Crippen LogP contribution in [-0.2, 0) is 14.3 Å². The molecule has 0 aromatic rings. The van der Waals surface area contributed by atoms with Gasteiger partial charge >= 0.3 is 5.97 Å². The van der Waals surface area contributed by atoms with E-state index in [0.717, 1.165) is 5.92 Å². The Morgan fingerprint density at radius 3 is 2.32 bits per heavy atom. The summed E-state index contributed by atoms with van der Waals surface area (Å²) in [4.78, 5) is 22.6. The molecule has 2 atom stereocenters. The van der Waals surface area contributed by atoms with Gasteiger partial charge in [-0.1, -0.05) is 19.8 Å². The Morgan fingerprint density at radius 1 is 1.11 bits per heavy atom. The molecule has 1 saturated heterocycles. The highest BCUT2D eigenvalue weighted by Gasteiger charge is 2.34. The number of rotatable bonds is 4. The Hall–Kier alpha value is -1.10. The molecular weight excluding hydrogens is 246 g/mol. The largest absolute Gasteiger partial charge is 0.479 e. The minimum atomic E-state index is -0.975. The average molecular weight is 269 g/mol. The third-order valence-corrected chi connectivity index (χ3v) is 4.29. The number of hydrogen-bond acceptors (Lipinski definition) is 3. The predicted octanol–water partition coefficient (Wildman–Crippen LogP) is 1.56. The fourth-order valence-corrected chi connectivity index (χ4v) is 2.90. The number of aliphatic carboxylic acids is 1. The van der Waals surface area contributed by atoms with Crippen LogP contribution in [0, 0.1) is 11.8 Å². The van der Waals surface area contributed by atoms with Crippen LogP contribution in [0.4, 0.5) is 0 Å². The fourth-order valence-electron chi connectivity index (χ4n) is 2.90. The van der Waals surface area contributed by atoms with Gasteiger partial charge in [-0.15, -0.1) is 0 Å². The smallest absolute Gasteiger partial charge is 0.332 e. The molecule has 5 heteroatoms. The molecule has 1 amide bonds. The van der Waals surface area contributed by atoms with Gasteiger partial charge in [0.25, 0.3) is 0 Å². The van der Waals surface area contributed by atoms with Crippen LogP contribution < -0.4 is 5.32 Å². The average Bonchev–Trinajstić information content (AvgIpc) is 2.87. The van der Waals surface area contributed by atoms with E-state index in [1.807, 2.05) is 0 Å². The van der Waals surface area contributed by atoms with E-state index in [1.165, 1.54) is 25.7 Å². The number of carboxylic acid groups (broad SMARTS) is 1. The van der Waals surface area contributed by atoms with Gasteiger partial charge in [-0.05, 0) is 37.5 Å². The lowest BCUT2D eigenvalue weighted by molar-refractivity contribution is -0.151. The molecule has 2 unspecified atom stereocenters. The molecule has 2 fully saturated rings. The highest BCUT2D eigenvalue weighted by molar-refractivity contribution is 5.82. The molecule has 0 bridgehead atoms. The molecule has 2 aliphatic rings. The van der Waals surface area contributed by atoms with Crippen LogP contribution in [0.2, 0.25) is 0 Å². The van der Waals surface area contributed by atoms with Gasteiger partial charge in [0.1, 0.15) is 6.10 Å². The topological polar surface area (TPSA) is 75.6 Å². The second-order valence-electron chi connectivity index (χ2n) is 5.90. The van der Waals surface area contributed by atoms with Gasteiger partial charge in [0.05, 0.1) is 0 Å². The summed E-state index contributed by atoms with van der Waals surface area (Å²) in [7, 11) is 0. The van der Waals surface area contributed by atoms with E-state index in [1.54, 1.807) is 0 Å². The number of nitrogens with one attached hydrogen (secondary N) is 1. The van der Waals surface area contributed by atoms with Gasteiger partial charge in [0, 0.05) is 6.54 Å². The molecule has 0 aromatic carbocycles. The summed E-state index contributed by atoms with van der Waals surface area (Å²) in [6.07, 6.45) is 4.35. The lowest BCUT2D eigenvalue weighted by Crippen LogP contribution is -2.38. The minimum Gasteiger partial charge on any atom is -0.479 e. The molecule has 2 rings (SSSR count). The summed E-state index contributed by atoms with van der Waals surface area (Å²) in [5.74, 6) is 0.247.